The predicted octanol–water partition coefficient (Wildman–Crippen LogP) is 1.42. The Morgan fingerprint density at radius 2 is 2.29 bits per heavy atom. The van der Waals surface area contributed by atoms with Gasteiger partial charge in [-0.15, -0.1) is 11.6 Å². The number of fused-ring (bicyclic) bond motifs is 1. The number of hydrogen-bond donors (Lipinski definition) is 1. The normalized spacial score (nSPS) is 11.0. The van der Waals surface area contributed by atoms with Crippen molar-refractivity contribution in [3.05, 3.63) is 23.8 Å². The molecule has 2 aromatic rings. The van der Waals surface area contributed by atoms with Gasteiger partial charge in [0.25, 0.3) is 0 Å². The molecular weight excluding hydrogens is 301 g/mol. The van der Waals surface area contributed by atoms with E-state index in [0.29, 0.717) is 23.4 Å². The fourth-order valence-electron chi connectivity index (χ4n) is 2.01. The number of methoxy groups -OCH3 is 1. The summed E-state index contributed by atoms with van der Waals surface area (Å²) in [6, 6.07) is 2.85. The average molecular weight is 316 g/mol. The van der Waals surface area contributed by atoms with Crippen LogP contribution in [0.3, 0.4) is 0 Å². The van der Waals surface area contributed by atoms with Crippen LogP contribution in [0.1, 0.15) is 5.82 Å². The first kappa shape index (κ1) is 15.5. The van der Waals surface area contributed by atoms with Crippen molar-refractivity contribution in [1.82, 2.24) is 9.55 Å². The molecule has 0 atom stereocenters. The van der Waals surface area contributed by atoms with E-state index < -0.39 is 11.7 Å². The molecule has 0 spiro atoms. The minimum absolute atomic E-state index is 0.128. The van der Waals surface area contributed by atoms with Crippen molar-refractivity contribution in [2.24, 2.45) is 5.73 Å². The Balaban J connectivity index is 2.29. The van der Waals surface area contributed by atoms with E-state index in [0.717, 1.165) is 0 Å². The van der Waals surface area contributed by atoms with E-state index in [1.165, 1.54) is 13.2 Å². The summed E-state index contributed by atoms with van der Waals surface area (Å²) in [6.07, 6.45) is 0. The van der Waals surface area contributed by atoms with Gasteiger partial charge in [0.15, 0.2) is 11.6 Å². The van der Waals surface area contributed by atoms with Crippen LogP contribution in [0.25, 0.3) is 11.0 Å². The van der Waals surface area contributed by atoms with Crippen LogP contribution in [0.5, 0.6) is 5.75 Å². The number of aromatic nitrogens is 2. The van der Waals surface area contributed by atoms with Gasteiger partial charge in [0.2, 0.25) is 5.91 Å². The summed E-state index contributed by atoms with van der Waals surface area (Å²) >= 11 is 5.86. The van der Waals surface area contributed by atoms with Gasteiger partial charge in [-0.3, -0.25) is 4.79 Å². The highest BCUT2D eigenvalue weighted by molar-refractivity contribution is 6.16. The molecule has 1 aromatic carbocycles. The van der Waals surface area contributed by atoms with Crippen LogP contribution < -0.4 is 10.5 Å². The fourth-order valence-corrected chi connectivity index (χ4v) is 2.22. The van der Waals surface area contributed by atoms with Crippen LogP contribution in [-0.2, 0) is 22.0 Å². The molecule has 8 heteroatoms. The molecule has 0 bridgehead atoms. The summed E-state index contributed by atoms with van der Waals surface area (Å²) in [5, 5.41) is 0. The van der Waals surface area contributed by atoms with Crippen LogP contribution in [0.2, 0.25) is 0 Å². The van der Waals surface area contributed by atoms with Crippen LogP contribution in [-0.4, -0.2) is 35.8 Å². The predicted molar refractivity (Wildman–Crippen MR) is 75.8 cm³/mol. The third-order valence-electron chi connectivity index (χ3n) is 2.92. The van der Waals surface area contributed by atoms with Gasteiger partial charge in [0, 0.05) is 18.7 Å². The molecule has 0 aliphatic heterocycles. The standard InChI is InChI=1S/C13H15ClFN3O3/c1-20-11-5-10-9(4-8(11)15)17-13(6-14)18(10)2-3-21-7-12(16)19/h4-5H,2-3,6-7H2,1H3,(H2,16,19). The van der Waals surface area contributed by atoms with Crippen molar-refractivity contribution >= 4 is 28.5 Å². The Kier molecular flexibility index (Phi) is 4.98. The molecule has 2 N–H and O–H groups in total. The van der Waals surface area contributed by atoms with Gasteiger partial charge in [0.1, 0.15) is 12.4 Å². The van der Waals surface area contributed by atoms with Gasteiger partial charge in [-0.1, -0.05) is 0 Å². The van der Waals surface area contributed by atoms with E-state index in [1.807, 2.05) is 0 Å². The maximum atomic E-state index is 13.7. The molecule has 114 valence electrons. The van der Waals surface area contributed by atoms with Gasteiger partial charge in [-0.2, -0.15) is 0 Å². The number of halogens is 2. The molecule has 1 amide bonds. The summed E-state index contributed by atoms with van der Waals surface area (Å²) in [4.78, 5) is 14.9. The number of carbonyl (C=O) groups excluding carboxylic acids is 1. The van der Waals surface area contributed by atoms with Gasteiger partial charge in [0.05, 0.1) is 30.6 Å². The van der Waals surface area contributed by atoms with Gasteiger partial charge in [-0.25, -0.2) is 9.37 Å². The number of alkyl halides is 1. The lowest BCUT2D eigenvalue weighted by Gasteiger charge is -2.09. The first-order valence-corrected chi connectivity index (χ1v) is 6.75. The first-order valence-electron chi connectivity index (χ1n) is 6.21. The molecule has 1 heterocycles. The molecular formula is C13H15ClFN3O3. The van der Waals surface area contributed by atoms with Crippen LogP contribution >= 0.6 is 11.6 Å². The second kappa shape index (κ2) is 6.73. The van der Waals surface area contributed by atoms with E-state index in [4.69, 9.17) is 26.8 Å². The zero-order valence-corrected chi connectivity index (χ0v) is 12.2. The number of primary amides is 1. The number of nitrogens with zero attached hydrogens (tertiary/aromatic N) is 2. The molecule has 0 saturated carbocycles. The molecule has 0 saturated heterocycles. The number of rotatable bonds is 7. The van der Waals surface area contributed by atoms with Gasteiger partial charge < -0.3 is 19.8 Å². The lowest BCUT2D eigenvalue weighted by atomic mass is 10.3. The van der Waals surface area contributed by atoms with E-state index in [1.54, 1.807) is 10.6 Å². The topological polar surface area (TPSA) is 79.4 Å². The van der Waals surface area contributed by atoms with Crippen LogP contribution in [0, 0.1) is 5.82 Å². The minimum atomic E-state index is -0.535. The van der Waals surface area contributed by atoms with Crippen molar-refractivity contribution in [2.75, 3.05) is 20.3 Å². The molecule has 0 fully saturated rings. The number of amides is 1. The van der Waals surface area contributed by atoms with Gasteiger partial charge in [-0.05, 0) is 0 Å². The number of carbonyl (C=O) groups is 1. The van der Waals surface area contributed by atoms with E-state index in [-0.39, 0.29) is 24.8 Å². The molecule has 1 aromatic heterocycles. The Labute approximate surface area is 125 Å². The van der Waals surface area contributed by atoms with Crippen LogP contribution in [0.4, 0.5) is 4.39 Å². The molecule has 0 aliphatic carbocycles. The molecule has 0 unspecified atom stereocenters. The molecule has 0 aliphatic rings. The zero-order chi connectivity index (χ0) is 15.4. The molecule has 2 rings (SSSR count). The third kappa shape index (κ3) is 3.43. The Morgan fingerprint density at radius 1 is 1.52 bits per heavy atom. The van der Waals surface area contributed by atoms with E-state index >= 15 is 0 Å². The second-order valence-corrected chi connectivity index (χ2v) is 4.57. The largest absolute Gasteiger partial charge is 0.494 e. The number of imidazole rings is 1. The number of benzene rings is 1. The summed E-state index contributed by atoms with van der Waals surface area (Å²) in [5.74, 6) is -0.133. The number of nitrogens with two attached hydrogens (primary N) is 1. The highest BCUT2D eigenvalue weighted by atomic mass is 35.5. The number of hydrogen-bond acceptors (Lipinski definition) is 4. The van der Waals surface area contributed by atoms with Crippen molar-refractivity contribution in [3.8, 4) is 5.75 Å². The van der Waals surface area contributed by atoms with Crippen molar-refractivity contribution in [2.45, 2.75) is 12.4 Å². The zero-order valence-electron chi connectivity index (χ0n) is 11.4. The lowest BCUT2D eigenvalue weighted by molar-refractivity contribution is -0.122. The lowest BCUT2D eigenvalue weighted by Crippen LogP contribution is -2.20. The number of ether oxygens (including phenoxy) is 2. The fraction of sp³-hybridized carbons (Fsp3) is 0.385. The van der Waals surface area contributed by atoms with E-state index in [2.05, 4.69) is 4.98 Å². The summed E-state index contributed by atoms with van der Waals surface area (Å²) in [5.41, 5.74) is 6.16. The minimum Gasteiger partial charge on any atom is -0.494 e. The summed E-state index contributed by atoms with van der Waals surface area (Å²) < 4.78 is 25.6. The van der Waals surface area contributed by atoms with Crippen molar-refractivity contribution in [3.63, 3.8) is 0 Å². The summed E-state index contributed by atoms with van der Waals surface area (Å²) in [6.45, 7) is 0.527. The Morgan fingerprint density at radius 3 is 2.90 bits per heavy atom. The van der Waals surface area contributed by atoms with E-state index in [9.17, 15) is 9.18 Å². The maximum Gasteiger partial charge on any atom is 0.243 e. The molecule has 21 heavy (non-hydrogen) atoms. The second-order valence-electron chi connectivity index (χ2n) is 4.31. The monoisotopic (exact) mass is 315 g/mol. The highest BCUT2D eigenvalue weighted by Gasteiger charge is 2.14. The van der Waals surface area contributed by atoms with Gasteiger partial charge >= 0.3 is 0 Å². The van der Waals surface area contributed by atoms with Crippen molar-refractivity contribution < 1.29 is 18.7 Å². The molecule has 6 nitrogen and oxygen atoms in total. The van der Waals surface area contributed by atoms with Crippen molar-refractivity contribution in [1.29, 1.82) is 0 Å². The summed E-state index contributed by atoms with van der Waals surface area (Å²) in [7, 11) is 1.39. The first-order chi connectivity index (χ1) is 10.1. The average Bonchev–Trinajstić information content (AvgIpc) is 2.79. The van der Waals surface area contributed by atoms with Crippen LogP contribution in [0.15, 0.2) is 12.1 Å². The smallest absolute Gasteiger partial charge is 0.243 e. The Hall–Kier alpha value is -1.86. The quantitative estimate of drug-likeness (QED) is 0.619. The third-order valence-corrected chi connectivity index (χ3v) is 3.16. The molecule has 0 radical (unpaired) electrons. The maximum absolute atomic E-state index is 13.7. The highest BCUT2D eigenvalue weighted by Crippen LogP contribution is 2.26. The SMILES string of the molecule is COc1cc2c(cc1F)nc(CCl)n2CCOCC(N)=O. The Bertz CT molecular complexity index is 660.